The van der Waals surface area contributed by atoms with Crippen molar-refractivity contribution in [2.24, 2.45) is 0 Å². The Labute approximate surface area is 122 Å². The third kappa shape index (κ3) is 3.41. The van der Waals surface area contributed by atoms with Crippen molar-refractivity contribution in [3.8, 4) is 0 Å². The molecule has 0 saturated carbocycles. The number of nitrogens with one attached hydrogen (secondary N) is 1. The predicted octanol–water partition coefficient (Wildman–Crippen LogP) is 0.979. The van der Waals surface area contributed by atoms with Gasteiger partial charge in [0.1, 0.15) is 5.69 Å². The number of aromatic nitrogens is 2. The topological polar surface area (TPSA) is 92.3 Å². The van der Waals surface area contributed by atoms with E-state index in [0.29, 0.717) is 5.69 Å². The molecule has 110 valence electrons. The molecule has 0 fully saturated rings. The van der Waals surface area contributed by atoms with Gasteiger partial charge in [-0.1, -0.05) is 0 Å². The Bertz CT molecular complexity index is 728. The van der Waals surface area contributed by atoms with Crippen molar-refractivity contribution in [2.75, 3.05) is 19.4 Å². The number of nitrogens with zero attached hydrogens (tertiary/aromatic N) is 3. The van der Waals surface area contributed by atoms with Gasteiger partial charge in [-0.05, 0) is 24.3 Å². The molecule has 1 heterocycles. The Balaban J connectivity index is 2.16. The highest BCUT2D eigenvalue weighted by atomic mass is 32.2. The van der Waals surface area contributed by atoms with Gasteiger partial charge in [-0.15, -0.1) is 0 Å². The van der Waals surface area contributed by atoms with Crippen LogP contribution < -0.4 is 5.32 Å². The Morgan fingerprint density at radius 2 is 1.81 bits per heavy atom. The minimum absolute atomic E-state index is 0.157. The zero-order chi connectivity index (χ0) is 15.5. The first-order valence-corrected chi connectivity index (χ1v) is 7.45. The highest BCUT2D eigenvalue weighted by Gasteiger charge is 2.17. The average Bonchev–Trinajstić information content (AvgIpc) is 2.48. The van der Waals surface area contributed by atoms with Crippen LogP contribution in [0.3, 0.4) is 0 Å². The van der Waals surface area contributed by atoms with Gasteiger partial charge >= 0.3 is 0 Å². The second-order valence-electron chi connectivity index (χ2n) is 4.36. The summed E-state index contributed by atoms with van der Waals surface area (Å²) in [5.41, 5.74) is 0.658. The molecular weight excluding hydrogens is 292 g/mol. The fourth-order valence-electron chi connectivity index (χ4n) is 1.53. The maximum Gasteiger partial charge on any atom is 0.275 e. The third-order valence-corrected chi connectivity index (χ3v) is 4.52. The number of anilines is 1. The number of benzene rings is 1. The number of amides is 1. The Morgan fingerprint density at radius 3 is 2.33 bits per heavy atom. The van der Waals surface area contributed by atoms with Crippen molar-refractivity contribution in [3.05, 3.63) is 48.5 Å². The van der Waals surface area contributed by atoms with Gasteiger partial charge in [-0.25, -0.2) is 17.7 Å². The molecule has 0 aliphatic carbocycles. The summed E-state index contributed by atoms with van der Waals surface area (Å²) in [6.45, 7) is 0. The second kappa shape index (κ2) is 5.98. The number of hydrogen-bond donors (Lipinski definition) is 1. The van der Waals surface area contributed by atoms with E-state index in [1.807, 2.05) is 0 Å². The second-order valence-corrected chi connectivity index (χ2v) is 6.51. The van der Waals surface area contributed by atoms with Crippen molar-refractivity contribution in [1.82, 2.24) is 14.3 Å². The lowest BCUT2D eigenvalue weighted by Gasteiger charge is -2.11. The predicted molar refractivity (Wildman–Crippen MR) is 77.3 cm³/mol. The van der Waals surface area contributed by atoms with E-state index in [9.17, 15) is 13.2 Å². The van der Waals surface area contributed by atoms with Gasteiger partial charge in [-0.2, -0.15) is 0 Å². The first-order chi connectivity index (χ1) is 9.91. The van der Waals surface area contributed by atoms with Crippen LogP contribution in [0.5, 0.6) is 0 Å². The highest BCUT2D eigenvalue weighted by molar-refractivity contribution is 7.89. The van der Waals surface area contributed by atoms with E-state index >= 15 is 0 Å². The van der Waals surface area contributed by atoms with Crippen LogP contribution in [-0.4, -0.2) is 42.7 Å². The monoisotopic (exact) mass is 306 g/mol. The lowest BCUT2D eigenvalue weighted by Crippen LogP contribution is -2.22. The third-order valence-electron chi connectivity index (χ3n) is 2.69. The largest absolute Gasteiger partial charge is 0.321 e. The molecule has 0 bridgehead atoms. The number of carbonyl (C=O) groups excluding carboxylic acids is 1. The minimum atomic E-state index is -3.48. The van der Waals surface area contributed by atoms with E-state index in [4.69, 9.17) is 0 Å². The zero-order valence-electron chi connectivity index (χ0n) is 11.5. The molecule has 2 rings (SSSR count). The lowest BCUT2D eigenvalue weighted by atomic mass is 10.3. The highest BCUT2D eigenvalue weighted by Crippen LogP contribution is 2.16. The summed E-state index contributed by atoms with van der Waals surface area (Å²) in [6.07, 6.45) is 4.24. The molecule has 0 aliphatic heterocycles. The fourth-order valence-corrected chi connectivity index (χ4v) is 2.43. The molecule has 0 spiro atoms. The summed E-state index contributed by atoms with van der Waals surface area (Å²) in [5.74, 6) is -0.411. The number of rotatable bonds is 4. The van der Waals surface area contributed by atoms with Crippen molar-refractivity contribution in [1.29, 1.82) is 0 Å². The van der Waals surface area contributed by atoms with E-state index in [0.717, 1.165) is 4.31 Å². The first kappa shape index (κ1) is 15.1. The van der Waals surface area contributed by atoms with Crippen LogP contribution in [0.25, 0.3) is 0 Å². The van der Waals surface area contributed by atoms with Gasteiger partial charge in [0.2, 0.25) is 10.0 Å². The number of sulfonamides is 1. The first-order valence-electron chi connectivity index (χ1n) is 6.01. The Morgan fingerprint density at radius 1 is 1.14 bits per heavy atom. The van der Waals surface area contributed by atoms with Gasteiger partial charge in [0.05, 0.1) is 11.1 Å². The normalized spacial score (nSPS) is 11.4. The molecule has 7 nitrogen and oxygen atoms in total. The average molecular weight is 306 g/mol. The van der Waals surface area contributed by atoms with Crippen LogP contribution in [-0.2, 0) is 10.0 Å². The van der Waals surface area contributed by atoms with Crippen LogP contribution >= 0.6 is 0 Å². The van der Waals surface area contributed by atoms with E-state index in [-0.39, 0.29) is 10.6 Å². The van der Waals surface area contributed by atoms with Crippen molar-refractivity contribution in [3.63, 3.8) is 0 Å². The van der Waals surface area contributed by atoms with Crippen LogP contribution in [0.2, 0.25) is 0 Å². The molecule has 1 N–H and O–H groups in total. The van der Waals surface area contributed by atoms with Crippen LogP contribution in [0.15, 0.2) is 47.8 Å². The smallest absolute Gasteiger partial charge is 0.275 e. The molecular formula is C13H14N4O3S. The molecule has 0 atom stereocenters. The minimum Gasteiger partial charge on any atom is -0.321 e. The number of carbonyl (C=O) groups is 1. The van der Waals surface area contributed by atoms with Gasteiger partial charge in [0, 0.05) is 32.2 Å². The van der Waals surface area contributed by atoms with E-state index < -0.39 is 15.9 Å². The molecule has 1 aromatic heterocycles. The van der Waals surface area contributed by atoms with Crippen LogP contribution in [0, 0.1) is 0 Å². The summed E-state index contributed by atoms with van der Waals surface area (Å²) in [6, 6.07) is 5.90. The fraction of sp³-hybridized carbons (Fsp3) is 0.154. The maximum atomic E-state index is 11.9. The quantitative estimate of drug-likeness (QED) is 0.909. The maximum absolute atomic E-state index is 11.9. The zero-order valence-corrected chi connectivity index (χ0v) is 12.3. The SMILES string of the molecule is CN(C)S(=O)(=O)c1ccc(NC(=O)c2cnccn2)cc1. The lowest BCUT2D eigenvalue weighted by molar-refractivity contribution is 0.102. The molecule has 0 saturated heterocycles. The summed E-state index contributed by atoms with van der Waals surface area (Å²) >= 11 is 0. The van der Waals surface area contributed by atoms with Gasteiger partial charge in [0.25, 0.3) is 5.91 Å². The van der Waals surface area contributed by atoms with Crippen LogP contribution in [0.1, 0.15) is 10.5 Å². The molecule has 1 aromatic carbocycles. The van der Waals surface area contributed by atoms with Gasteiger partial charge in [0.15, 0.2) is 0 Å². The molecule has 2 aromatic rings. The van der Waals surface area contributed by atoms with Crippen LogP contribution in [0.4, 0.5) is 5.69 Å². The summed E-state index contributed by atoms with van der Waals surface area (Å²) in [7, 11) is -0.561. The summed E-state index contributed by atoms with van der Waals surface area (Å²) < 4.78 is 24.9. The van der Waals surface area contributed by atoms with Gasteiger partial charge < -0.3 is 5.32 Å². The Hall–Kier alpha value is -2.32. The standard InChI is InChI=1S/C13H14N4O3S/c1-17(2)21(19,20)11-5-3-10(4-6-11)16-13(18)12-9-14-7-8-15-12/h3-9H,1-2H3,(H,16,18). The van der Waals surface area contributed by atoms with Crippen molar-refractivity contribution >= 4 is 21.6 Å². The molecule has 0 aliphatic rings. The van der Waals surface area contributed by atoms with Crippen molar-refractivity contribution in [2.45, 2.75) is 4.90 Å². The molecule has 1 amide bonds. The van der Waals surface area contributed by atoms with E-state index in [1.165, 1.54) is 57.0 Å². The molecule has 0 unspecified atom stereocenters. The summed E-state index contributed by atoms with van der Waals surface area (Å²) in [4.78, 5) is 19.7. The van der Waals surface area contributed by atoms with E-state index in [2.05, 4.69) is 15.3 Å². The molecule has 8 heteroatoms. The number of hydrogen-bond acceptors (Lipinski definition) is 5. The molecule has 0 radical (unpaired) electrons. The summed E-state index contributed by atoms with van der Waals surface area (Å²) in [5, 5.41) is 2.62. The Kier molecular flexibility index (Phi) is 4.29. The molecule has 21 heavy (non-hydrogen) atoms. The van der Waals surface area contributed by atoms with Gasteiger partial charge in [-0.3, -0.25) is 9.78 Å². The van der Waals surface area contributed by atoms with Crippen molar-refractivity contribution < 1.29 is 13.2 Å². The van der Waals surface area contributed by atoms with E-state index in [1.54, 1.807) is 0 Å².